The minimum Gasteiger partial charge on any atom is -0.393 e. The lowest BCUT2D eigenvalue weighted by molar-refractivity contribution is -0.385. The second-order valence-corrected chi connectivity index (χ2v) is 6.27. The van der Waals surface area contributed by atoms with Crippen LogP contribution in [0, 0.1) is 17.0 Å². The Bertz CT molecular complexity index is 583. The second kappa shape index (κ2) is 8.75. The summed E-state index contributed by atoms with van der Waals surface area (Å²) in [5.74, 6) is -0.118. The number of amides is 1. The molecule has 1 aromatic carbocycles. The van der Waals surface area contributed by atoms with E-state index in [9.17, 15) is 20.0 Å². The van der Waals surface area contributed by atoms with Gasteiger partial charge < -0.3 is 15.3 Å². The molecular weight excluding hydrogens is 310 g/mol. The Hall–Kier alpha value is -1.99. The number of benzene rings is 1. The maximum atomic E-state index is 12.0. The number of rotatable bonds is 7. The highest BCUT2D eigenvalue weighted by Gasteiger charge is 2.17. The molecule has 0 atom stereocenters. The highest BCUT2D eigenvalue weighted by molar-refractivity contribution is 5.79. The van der Waals surface area contributed by atoms with E-state index in [0.717, 1.165) is 38.9 Å². The summed E-state index contributed by atoms with van der Waals surface area (Å²) in [6, 6.07) is 4.81. The van der Waals surface area contributed by atoms with Crippen molar-refractivity contribution in [2.24, 2.45) is 0 Å². The van der Waals surface area contributed by atoms with E-state index < -0.39 is 4.92 Å². The van der Waals surface area contributed by atoms with Gasteiger partial charge in [-0.1, -0.05) is 12.1 Å². The topological polar surface area (TPSA) is 95.7 Å². The molecule has 1 saturated heterocycles. The molecule has 7 nitrogen and oxygen atoms in total. The van der Waals surface area contributed by atoms with Crippen molar-refractivity contribution >= 4 is 11.6 Å². The minimum absolute atomic E-state index is 0.0487. The van der Waals surface area contributed by atoms with E-state index in [1.165, 1.54) is 6.07 Å². The normalized spacial score (nSPS) is 16.1. The van der Waals surface area contributed by atoms with Crippen molar-refractivity contribution in [3.05, 3.63) is 39.4 Å². The molecule has 0 bridgehead atoms. The van der Waals surface area contributed by atoms with Crippen molar-refractivity contribution in [2.45, 2.75) is 38.7 Å². The zero-order valence-electron chi connectivity index (χ0n) is 14.0. The zero-order valence-corrected chi connectivity index (χ0v) is 14.0. The van der Waals surface area contributed by atoms with Crippen LogP contribution in [0.1, 0.15) is 30.4 Å². The monoisotopic (exact) mass is 335 g/mol. The van der Waals surface area contributed by atoms with E-state index in [1.54, 1.807) is 19.1 Å². The Morgan fingerprint density at radius 3 is 2.79 bits per heavy atom. The first-order valence-corrected chi connectivity index (χ1v) is 8.37. The van der Waals surface area contributed by atoms with Crippen molar-refractivity contribution in [3.63, 3.8) is 0 Å². The molecule has 0 radical (unpaired) electrons. The van der Waals surface area contributed by atoms with Gasteiger partial charge in [0.1, 0.15) is 0 Å². The van der Waals surface area contributed by atoms with Crippen LogP contribution in [-0.2, 0) is 11.2 Å². The molecule has 1 heterocycles. The van der Waals surface area contributed by atoms with Gasteiger partial charge >= 0.3 is 0 Å². The number of carbonyl (C=O) groups excluding carboxylic acids is 1. The van der Waals surface area contributed by atoms with Crippen LogP contribution in [0.15, 0.2) is 18.2 Å². The Labute approximate surface area is 141 Å². The first kappa shape index (κ1) is 18.4. The summed E-state index contributed by atoms with van der Waals surface area (Å²) in [5, 5.41) is 23.3. The molecule has 7 heteroatoms. The molecule has 1 aliphatic rings. The minimum atomic E-state index is -0.424. The average molecular weight is 335 g/mol. The van der Waals surface area contributed by atoms with Gasteiger partial charge in [0.25, 0.3) is 5.69 Å². The molecule has 2 N–H and O–H groups in total. The molecule has 2 rings (SSSR count). The number of piperidine rings is 1. The molecule has 1 aromatic rings. The fourth-order valence-electron chi connectivity index (χ4n) is 2.97. The first-order valence-electron chi connectivity index (χ1n) is 8.37. The van der Waals surface area contributed by atoms with Crippen molar-refractivity contribution < 1.29 is 14.8 Å². The SMILES string of the molecule is Cc1c(CC(=O)NCCCN2CCC(O)CC2)cccc1[N+](=O)[O-]. The summed E-state index contributed by atoms with van der Waals surface area (Å²) in [6.07, 6.45) is 2.48. The van der Waals surface area contributed by atoms with Crippen LogP contribution in [0.4, 0.5) is 5.69 Å². The quantitative estimate of drug-likeness (QED) is 0.446. The Morgan fingerprint density at radius 1 is 1.42 bits per heavy atom. The highest BCUT2D eigenvalue weighted by atomic mass is 16.6. The lowest BCUT2D eigenvalue weighted by Gasteiger charge is -2.29. The van der Waals surface area contributed by atoms with Crippen LogP contribution in [0.25, 0.3) is 0 Å². The van der Waals surface area contributed by atoms with Gasteiger partial charge in [0, 0.05) is 31.3 Å². The maximum Gasteiger partial charge on any atom is 0.272 e. The van der Waals surface area contributed by atoms with Crippen LogP contribution in [0.3, 0.4) is 0 Å². The Balaban J connectivity index is 1.72. The number of nitro benzene ring substituents is 1. The molecule has 0 saturated carbocycles. The van der Waals surface area contributed by atoms with Crippen molar-refractivity contribution in [1.82, 2.24) is 10.2 Å². The second-order valence-electron chi connectivity index (χ2n) is 6.27. The van der Waals surface area contributed by atoms with E-state index in [4.69, 9.17) is 0 Å². The van der Waals surface area contributed by atoms with E-state index in [-0.39, 0.29) is 24.1 Å². The first-order chi connectivity index (χ1) is 11.5. The van der Waals surface area contributed by atoms with Crippen LogP contribution >= 0.6 is 0 Å². The molecular formula is C17H25N3O4. The van der Waals surface area contributed by atoms with Crippen molar-refractivity contribution in [2.75, 3.05) is 26.2 Å². The van der Waals surface area contributed by atoms with E-state index >= 15 is 0 Å². The number of nitrogens with one attached hydrogen (secondary N) is 1. The fraction of sp³-hybridized carbons (Fsp3) is 0.588. The number of hydrogen-bond acceptors (Lipinski definition) is 5. The van der Waals surface area contributed by atoms with Gasteiger partial charge in [0.15, 0.2) is 0 Å². The van der Waals surface area contributed by atoms with Crippen molar-refractivity contribution in [1.29, 1.82) is 0 Å². The lowest BCUT2D eigenvalue weighted by atomic mass is 10.0. The molecule has 0 unspecified atom stereocenters. The third-order valence-corrected chi connectivity index (χ3v) is 4.50. The summed E-state index contributed by atoms with van der Waals surface area (Å²) in [5.41, 5.74) is 1.28. The van der Waals surface area contributed by atoms with Crippen LogP contribution < -0.4 is 5.32 Å². The highest BCUT2D eigenvalue weighted by Crippen LogP contribution is 2.21. The third kappa shape index (κ3) is 5.28. The molecule has 132 valence electrons. The fourth-order valence-corrected chi connectivity index (χ4v) is 2.97. The van der Waals surface area contributed by atoms with E-state index in [1.807, 2.05) is 0 Å². The Morgan fingerprint density at radius 2 is 2.12 bits per heavy atom. The summed E-state index contributed by atoms with van der Waals surface area (Å²) < 4.78 is 0. The van der Waals surface area contributed by atoms with Crippen LogP contribution in [0.5, 0.6) is 0 Å². The maximum absolute atomic E-state index is 12.0. The van der Waals surface area contributed by atoms with Gasteiger partial charge in [-0.3, -0.25) is 14.9 Å². The number of aliphatic hydroxyl groups excluding tert-OH is 1. The molecule has 0 aromatic heterocycles. The molecule has 24 heavy (non-hydrogen) atoms. The van der Waals surface area contributed by atoms with Crippen LogP contribution in [-0.4, -0.2) is 53.1 Å². The number of nitro groups is 1. The largest absolute Gasteiger partial charge is 0.393 e. The van der Waals surface area contributed by atoms with Gasteiger partial charge in [-0.2, -0.15) is 0 Å². The summed E-state index contributed by atoms with van der Waals surface area (Å²) in [4.78, 5) is 24.8. The number of likely N-dealkylation sites (tertiary alicyclic amines) is 1. The van der Waals surface area contributed by atoms with Gasteiger partial charge in [-0.25, -0.2) is 0 Å². The van der Waals surface area contributed by atoms with Gasteiger partial charge in [-0.15, -0.1) is 0 Å². The summed E-state index contributed by atoms with van der Waals surface area (Å²) >= 11 is 0. The zero-order chi connectivity index (χ0) is 17.5. The smallest absolute Gasteiger partial charge is 0.272 e. The molecule has 0 aliphatic carbocycles. The van der Waals surface area contributed by atoms with E-state index in [0.29, 0.717) is 17.7 Å². The van der Waals surface area contributed by atoms with E-state index in [2.05, 4.69) is 10.2 Å². The van der Waals surface area contributed by atoms with Gasteiger partial charge in [-0.05, 0) is 38.3 Å². The predicted molar refractivity (Wildman–Crippen MR) is 90.8 cm³/mol. The molecule has 0 spiro atoms. The summed E-state index contributed by atoms with van der Waals surface area (Å²) in [7, 11) is 0. The molecule has 1 amide bonds. The number of carbonyl (C=O) groups is 1. The predicted octanol–water partition coefficient (Wildman–Crippen LogP) is 1.41. The van der Waals surface area contributed by atoms with Crippen LogP contribution in [0.2, 0.25) is 0 Å². The Kier molecular flexibility index (Phi) is 6.69. The number of nitrogens with zero attached hydrogens (tertiary/aromatic N) is 2. The van der Waals surface area contributed by atoms with Gasteiger partial charge in [0.2, 0.25) is 5.91 Å². The lowest BCUT2D eigenvalue weighted by Crippen LogP contribution is -2.37. The average Bonchev–Trinajstić information content (AvgIpc) is 2.55. The standard InChI is InChI=1S/C17H25N3O4/c1-13-14(4-2-5-16(13)20(23)24)12-17(22)18-8-3-9-19-10-6-15(21)7-11-19/h2,4-5,15,21H,3,6-12H2,1H3,(H,18,22). The summed E-state index contributed by atoms with van der Waals surface area (Å²) in [6.45, 7) is 4.98. The third-order valence-electron chi connectivity index (χ3n) is 4.50. The number of hydrogen-bond donors (Lipinski definition) is 2. The van der Waals surface area contributed by atoms with Crippen molar-refractivity contribution in [3.8, 4) is 0 Å². The molecule has 1 aliphatic heterocycles. The number of aliphatic hydroxyl groups is 1. The molecule has 1 fully saturated rings. The van der Waals surface area contributed by atoms with Gasteiger partial charge in [0.05, 0.1) is 17.4 Å².